The third kappa shape index (κ3) is 3.59. The van der Waals surface area contributed by atoms with Crippen LogP contribution in [0.25, 0.3) is 0 Å². The van der Waals surface area contributed by atoms with Gasteiger partial charge in [-0.15, -0.1) is 11.3 Å². The van der Waals surface area contributed by atoms with Gasteiger partial charge in [0.1, 0.15) is 5.01 Å². The summed E-state index contributed by atoms with van der Waals surface area (Å²) in [5.74, 6) is -1.17. The normalized spacial score (nSPS) is 27.3. The van der Waals surface area contributed by atoms with Crippen LogP contribution in [0, 0.1) is 19.8 Å². The molecule has 2 rings (SSSR count). The smallest absolute Gasteiger partial charge is 0.303 e. The van der Waals surface area contributed by atoms with Crippen LogP contribution >= 0.6 is 11.3 Å². The van der Waals surface area contributed by atoms with Gasteiger partial charge in [0, 0.05) is 10.9 Å². The maximum absolute atomic E-state index is 12.9. The first kappa shape index (κ1) is 16.7. The molecule has 0 aromatic carbocycles. The van der Waals surface area contributed by atoms with Crippen molar-refractivity contribution in [1.82, 2.24) is 10.3 Å². The summed E-state index contributed by atoms with van der Waals surface area (Å²) in [6.45, 7) is 8.04. The Kier molecular flexibility index (Phi) is 4.69. The second-order valence-corrected chi connectivity index (χ2v) is 7.56. The van der Waals surface area contributed by atoms with E-state index in [0.29, 0.717) is 12.8 Å². The largest absolute Gasteiger partial charge is 0.391 e. The standard InChI is InChI=1S/C15H23F3N2S/c1-9(2)20-14(13-19-10(3)11(4)21-13)7-5-12(6-8-14)15(16,17)18/h9,12,20H,5-8H2,1-4H3. The van der Waals surface area contributed by atoms with Crippen molar-refractivity contribution in [1.29, 1.82) is 0 Å². The van der Waals surface area contributed by atoms with Crippen LogP contribution < -0.4 is 5.32 Å². The second-order valence-electron chi connectivity index (χ2n) is 6.36. The number of alkyl halides is 3. The molecule has 1 aromatic rings. The van der Waals surface area contributed by atoms with E-state index in [-0.39, 0.29) is 24.4 Å². The van der Waals surface area contributed by atoms with E-state index in [2.05, 4.69) is 10.3 Å². The molecule has 1 heterocycles. The summed E-state index contributed by atoms with van der Waals surface area (Å²) in [5.41, 5.74) is 0.595. The fraction of sp³-hybridized carbons (Fsp3) is 0.800. The first-order valence-electron chi connectivity index (χ1n) is 7.43. The number of hydrogen-bond acceptors (Lipinski definition) is 3. The van der Waals surface area contributed by atoms with Gasteiger partial charge in [0.05, 0.1) is 17.2 Å². The predicted molar refractivity (Wildman–Crippen MR) is 79.6 cm³/mol. The van der Waals surface area contributed by atoms with E-state index in [0.717, 1.165) is 15.6 Å². The zero-order valence-electron chi connectivity index (χ0n) is 13.0. The van der Waals surface area contributed by atoms with Crippen LogP contribution in [0.4, 0.5) is 13.2 Å². The number of nitrogens with one attached hydrogen (secondary N) is 1. The summed E-state index contributed by atoms with van der Waals surface area (Å²) in [6, 6.07) is 0.219. The molecule has 0 radical (unpaired) electrons. The summed E-state index contributed by atoms with van der Waals surface area (Å²) in [5, 5.41) is 4.46. The van der Waals surface area contributed by atoms with Gasteiger partial charge in [0.25, 0.3) is 0 Å². The van der Waals surface area contributed by atoms with Crippen LogP contribution in [0.15, 0.2) is 0 Å². The minimum atomic E-state index is -4.07. The van der Waals surface area contributed by atoms with Crippen LogP contribution in [0.3, 0.4) is 0 Å². The molecule has 1 aliphatic carbocycles. The Morgan fingerprint density at radius 3 is 2.19 bits per heavy atom. The number of rotatable bonds is 3. The van der Waals surface area contributed by atoms with Crippen LogP contribution in [0.2, 0.25) is 0 Å². The molecule has 0 spiro atoms. The van der Waals surface area contributed by atoms with Gasteiger partial charge in [-0.25, -0.2) is 4.98 Å². The highest BCUT2D eigenvalue weighted by Crippen LogP contribution is 2.46. The first-order chi connectivity index (χ1) is 9.64. The highest BCUT2D eigenvalue weighted by Gasteiger charge is 2.47. The summed E-state index contributed by atoms with van der Waals surface area (Å²) >= 11 is 1.62. The maximum atomic E-state index is 12.9. The number of nitrogens with zero attached hydrogens (tertiary/aromatic N) is 1. The third-order valence-electron chi connectivity index (χ3n) is 4.30. The first-order valence-corrected chi connectivity index (χ1v) is 8.24. The molecule has 1 fully saturated rings. The van der Waals surface area contributed by atoms with Gasteiger partial charge < -0.3 is 5.32 Å². The fourth-order valence-corrected chi connectivity index (χ4v) is 4.21. The molecule has 0 atom stereocenters. The van der Waals surface area contributed by atoms with E-state index in [9.17, 15) is 13.2 Å². The monoisotopic (exact) mass is 320 g/mol. The molecule has 1 aromatic heterocycles. The van der Waals surface area contributed by atoms with Crippen LogP contribution in [0.5, 0.6) is 0 Å². The van der Waals surface area contributed by atoms with E-state index in [4.69, 9.17) is 0 Å². The Morgan fingerprint density at radius 1 is 1.24 bits per heavy atom. The van der Waals surface area contributed by atoms with Gasteiger partial charge in [0.2, 0.25) is 0 Å². The average molecular weight is 320 g/mol. The highest BCUT2D eigenvalue weighted by molar-refractivity contribution is 7.11. The SMILES string of the molecule is Cc1nc(C2(NC(C)C)CCC(C(F)(F)F)CC2)sc1C. The summed E-state index contributed by atoms with van der Waals surface area (Å²) in [6.07, 6.45) is -2.70. The van der Waals surface area contributed by atoms with Crippen molar-refractivity contribution < 1.29 is 13.2 Å². The third-order valence-corrected chi connectivity index (χ3v) is 5.58. The summed E-state index contributed by atoms with van der Waals surface area (Å²) < 4.78 is 38.7. The molecule has 6 heteroatoms. The Morgan fingerprint density at radius 2 is 1.81 bits per heavy atom. The van der Waals surface area contributed by atoms with Gasteiger partial charge in [-0.1, -0.05) is 0 Å². The molecule has 0 aliphatic heterocycles. The van der Waals surface area contributed by atoms with Crippen LogP contribution in [-0.4, -0.2) is 17.2 Å². The maximum Gasteiger partial charge on any atom is 0.391 e. The van der Waals surface area contributed by atoms with Crippen molar-refractivity contribution in [3.05, 3.63) is 15.6 Å². The van der Waals surface area contributed by atoms with Gasteiger partial charge in [-0.3, -0.25) is 0 Å². The summed E-state index contributed by atoms with van der Waals surface area (Å²) in [7, 11) is 0. The van der Waals surface area contributed by atoms with E-state index in [1.54, 1.807) is 11.3 Å². The average Bonchev–Trinajstić information content (AvgIpc) is 2.69. The Bertz CT molecular complexity index is 466. The topological polar surface area (TPSA) is 24.9 Å². The highest BCUT2D eigenvalue weighted by atomic mass is 32.1. The zero-order valence-corrected chi connectivity index (χ0v) is 13.8. The second kappa shape index (κ2) is 5.88. The molecule has 0 bridgehead atoms. The lowest BCUT2D eigenvalue weighted by molar-refractivity contribution is -0.185. The van der Waals surface area contributed by atoms with Gasteiger partial charge >= 0.3 is 6.18 Å². The lowest BCUT2D eigenvalue weighted by Gasteiger charge is -2.41. The number of thiazole rings is 1. The predicted octanol–water partition coefficient (Wildman–Crippen LogP) is 4.71. The molecular weight excluding hydrogens is 297 g/mol. The van der Waals surface area contributed by atoms with E-state index < -0.39 is 12.1 Å². The van der Waals surface area contributed by atoms with E-state index >= 15 is 0 Å². The molecule has 120 valence electrons. The van der Waals surface area contributed by atoms with Gasteiger partial charge in [-0.2, -0.15) is 13.2 Å². The molecule has 0 unspecified atom stereocenters. The van der Waals surface area contributed by atoms with Crippen molar-refractivity contribution in [2.24, 2.45) is 5.92 Å². The number of aryl methyl sites for hydroxylation is 2. The minimum absolute atomic E-state index is 0.181. The molecule has 21 heavy (non-hydrogen) atoms. The van der Waals surface area contributed by atoms with Crippen molar-refractivity contribution >= 4 is 11.3 Å². The Hall–Kier alpha value is -0.620. The lowest BCUT2D eigenvalue weighted by Crippen LogP contribution is -2.49. The van der Waals surface area contributed by atoms with Crippen molar-refractivity contribution in [2.45, 2.75) is 71.1 Å². The fourth-order valence-electron chi connectivity index (χ4n) is 3.09. The van der Waals surface area contributed by atoms with Crippen LogP contribution in [-0.2, 0) is 5.54 Å². The molecular formula is C15H23F3N2S. The zero-order chi connectivity index (χ0) is 15.8. The van der Waals surface area contributed by atoms with E-state index in [1.807, 2.05) is 27.7 Å². The quantitative estimate of drug-likeness (QED) is 0.873. The van der Waals surface area contributed by atoms with Crippen LogP contribution in [0.1, 0.15) is 55.1 Å². The van der Waals surface area contributed by atoms with Crippen molar-refractivity contribution in [2.75, 3.05) is 0 Å². The molecule has 1 aliphatic rings. The molecule has 0 saturated heterocycles. The molecule has 2 nitrogen and oxygen atoms in total. The van der Waals surface area contributed by atoms with Crippen molar-refractivity contribution in [3.63, 3.8) is 0 Å². The number of halogens is 3. The number of aromatic nitrogens is 1. The number of hydrogen-bond donors (Lipinski definition) is 1. The van der Waals surface area contributed by atoms with Gasteiger partial charge in [0.15, 0.2) is 0 Å². The lowest BCUT2D eigenvalue weighted by atomic mass is 9.76. The molecule has 0 amide bonds. The summed E-state index contributed by atoms with van der Waals surface area (Å²) in [4.78, 5) is 5.77. The minimum Gasteiger partial charge on any atom is -0.303 e. The van der Waals surface area contributed by atoms with Crippen molar-refractivity contribution in [3.8, 4) is 0 Å². The van der Waals surface area contributed by atoms with E-state index in [1.165, 1.54) is 0 Å². The van der Waals surface area contributed by atoms with Gasteiger partial charge in [-0.05, 0) is 53.4 Å². The molecule has 1 saturated carbocycles. The Balaban J connectivity index is 2.25. The molecule has 1 N–H and O–H groups in total. The Labute approximate surface area is 128 Å².